The van der Waals surface area contributed by atoms with E-state index < -0.39 is 0 Å². The summed E-state index contributed by atoms with van der Waals surface area (Å²) in [7, 11) is 0. The molecule has 0 saturated heterocycles. The van der Waals surface area contributed by atoms with Gasteiger partial charge in [0.1, 0.15) is 11.2 Å². The largest absolute Gasteiger partial charge is 0.456 e. The maximum Gasteiger partial charge on any atom is 0.161 e. The summed E-state index contributed by atoms with van der Waals surface area (Å²) in [6.07, 6.45) is 6.10. The number of hydrogen-bond donors (Lipinski definition) is 0. The van der Waals surface area contributed by atoms with Crippen molar-refractivity contribution in [2.24, 2.45) is 0 Å². The first-order valence-electron chi connectivity index (χ1n) is 18.8. The average Bonchev–Trinajstić information content (AvgIpc) is 3.93. The molecule has 4 heterocycles. The molecule has 11 rings (SSSR count). The predicted molar refractivity (Wildman–Crippen MR) is 238 cm³/mol. The van der Waals surface area contributed by atoms with Crippen LogP contribution in [-0.2, 0) is 0 Å². The minimum absolute atomic E-state index is 0.663. The summed E-state index contributed by atoms with van der Waals surface area (Å²) in [6.45, 7) is 6.16. The summed E-state index contributed by atoms with van der Waals surface area (Å²) >= 11 is 1.68. The molecule has 0 fully saturated rings. The zero-order chi connectivity index (χ0) is 37.3. The summed E-state index contributed by atoms with van der Waals surface area (Å²) in [6, 6.07) is 53.7. The maximum atomic E-state index is 6.72. The van der Waals surface area contributed by atoms with Gasteiger partial charge in [-0.05, 0) is 65.2 Å². The minimum Gasteiger partial charge on any atom is -0.456 e. The van der Waals surface area contributed by atoms with Gasteiger partial charge in [-0.25, -0.2) is 9.97 Å². The monoisotopic (exact) mass is 735 g/mol. The number of fused-ring (bicyclic) bond motifs is 9. The Kier molecular flexibility index (Phi) is 7.37. The van der Waals surface area contributed by atoms with Crippen molar-refractivity contribution in [1.29, 1.82) is 0 Å². The standard InChI is InChI=1S/C51H33N3OS/c1-3-14-38-45(4-2)56-50-48(33-18-9-6-10-19-33)52-51(53-49(38)50)39-21-13-22-43-47(39)37-26-25-35(30-44(37)55-43)54-41-27-24-34(31-15-7-5-8-16-31)29-40(41)46-36-20-12-11-17-32(36)23-28-42(46)54/h3-30H,2H2,1H3/b14-3-. The van der Waals surface area contributed by atoms with Crippen LogP contribution in [0.1, 0.15) is 17.4 Å². The quantitative estimate of drug-likeness (QED) is 0.171. The lowest BCUT2D eigenvalue weighted by molar-refractivity contribution is 0.668. The number of benzene rings is 7. The topological polar surface area (TPSA) is 43.9 Å². The molecule has 5 heteroatoms. The van der Waals surface area contributed by atoms with Gasteiger partial charge in [0.2, 0.25) is 0 Å². The molecule has 11 aromatic rings. The van der Waals surface area contributed by atoms with E-state index in [2.05, 4.69) is 157 Å². The van der Waals surface area contributed by atoms with Crippen LogP contribution in [0.25, 0.3) is 116 Å². The third kappa shape index (κ3) is 4.91. The lowest BCUT2D eigenvalue weighted by Gasteiger charge is -2.09. The molecular formula is C51H33N3OS. The van der Waals surface area contributed by atoms with Gasteiger partial charge in [-0.15, -0.1) is 11.3 Å². The van der Waals surface area contributed by atoms with Crippen LogP contribution in [0.15, 0.2) is 169 Å². The molecule has 0 saturated carbocycles. The number of allylic oxidation sites excluding steroid dienone is 1. The van der Waals surface area contributed by atoms with E-state index in [0.717, 1.165) is 76.1 Å². The highest BCUT2D eigenvalue weighted by Crippen LogP contribution is 2.43. The Morgan fingerprint density at radius 3 is 2.23 bits per heavy atom. The smallest absolute Gasteiger partial charge is 0.161 e. The highest BCUT2D eigenvalue weighted by molar-refractivity contribution is 7.20. The van der Waals surface area contributed by atoms with E-state index in [1.54, 1.807) is 11.3 Å². The minimum atomic E-state index is 0.663. The van der Waals surface area contributed by atoms with Crippen LogP contribution in [0.5, 0.6) is 0 Å². The summed E-state index contributed by atoms with van der Waals surface area (Å²) in [5, 5.41) is 6.95. The Balaban J connectivity index is 1.14. The Hall–Kier alpha value is -7.08. The second kappa shape index (κ2) is 12.8. The van der Waals surface area contributed by atoms with Crippen molar-refractivity contribution in [2.75, 3.05) is 0 Å². The Morgan fingerprint density at radius 1 is 0.625 bits per heavy atom. The molecule has 264 valence electrons. The molecular weight excluding hydrogens is 703 g/mol. The first-order valence-corrected chi connectivity index (χ1v) is 19.6. The number of furan rings is 1. The van der Waals surface area contributed by atoms with Gasteiger partial charge in [0.25, 0.3) is 0 Å². The van der Waals surface area contributed by atoms with E-state index in [0.29, 0.717) is 5.82 Å². The molecule has 0 amide bonds. The fourth-order valence-electron chi connectivity index (χ4n) is 8.42. The van der Waals surface area contributed by atoms with Crippen LogP contribution in [0.2, 0.25) is 0 Å². The molecule has 0 atom stereocenters. The van der Waals surface area contributed by atoms with Crippen molar-refractivity contribution in [1.82, 2.24) is 14.5 Å². The molecule has 4 aromatic heterocycles. The van der Waals surface area contributed by atoms with Crippen molar-refractivity contribution in [3.63, 3.8) is 0 Å². The molecule has 0 N–H and O–H groups in total. The molecule has 0 spiro atoms. The highest BCUT2D eigenvalue weighted by Gasteiger charge is 2.22. The average molecular weight is 736 g/mol. The fraction of sp³-hybridized carbons (Fsp3) is 0.0196. The van der Waals surface area contributed by atoms with Gasteiger partial charge in [-0.3, -0.25) is 0 Å². The molecule has 4 nitrogen and oxygen atoms in total. The van der Waals surface area contributed by atoms with Gasteiger partial charge in [-0.2, -0.15) is 0 Å². The van der Waals surface area contributed by atoms with Crippen molar-refractivity contribution >= 4 is 88.2 Å². The highest BCUT2D eigenvalue weighted by atomic mass is 32.1. The van der Waals surface area contributed by atoms with E-state index in [1.165, 1.54) is 32.7 Å². The van der Waals surface area contributed by atoms with Crippen molar-refractivity contribution < 1.29 is 4.42 Å². The van der Waals surface area contributed by atoms with E-state index in [-0.39, 0.29) is 0 Å². The van der Waals surface area contributed by atoms with Gasteiger partial charge >= 0.3 is 0 Å². The van der Waals surface area contributed by atoms with Gasteiger partial charge in [-0.1, -0.05) is 134 Å². The van der Waals surface area contributed by atoms with Crippen LogP contribution >= 0.6 is 11.3 Å². The van der Waals surface area contributed by atoms with Crippen LogP contribution in [0.4, 0.5) is 0 Å². The Labute approximate surface area is 326 Å². The normalized spacial score (nSPS) is 12.0. The lowest BCUT2D eigenvalue weighted by atomic mass is 10.0. The zero-order valence-corrected chi connectivity index (χ0v) is 31.3. The number of nitrogens with zero attached hydrogens (tertiary/aromatic N) is 3. The molecule has 56 heavy (non-hydrogen) atoms. The number of hydrogen-bond acceptors (Lipinski definition) is 4. The van der Waals surface area contributed by atoms with Crippen LogP contribution in [0.3, 0.4) is 0 Å². The summed E-state index contributed by atoms with van der Waals surface area (Å²) in [5.41, 5.74) is 12.2. The first-order chi connectivity index (χ1) is 27.7. The molecule has 0 unspecified atom stereocenters. The van der Waals surface area contributed by atoms with Gasteiger partial charge in [0.15, 0.2) is 5.82 Å². The first kappa shape index (κ1) is 32.4. The van der Waals surface area contributed by atoms with Crippen LogP contribution in [-0.4, -0.2) is 14.5 Å². The molecule has 0 aliphatic carbocycles. The summed E-state index contributed by atoms with van der Waals surface area (Å²) in [4.78, 5) is 11.7. The lowest BCUT2D eigenvalue weighted by Crippen LogP contribution is -1.95. The number of aromatic nitrogens is 3. The van der Waals surface area contributed by atoms with E-state index in [4.69, 9.17) is 14.4 Å². The van der Waals surface area contributed by atoms with Crippen LogP contribution < -0.4 is 0 Å². The van der Waals surface area contributed by atoms with Gasteiger partial charge in [0.05, 0.1) is 26.9 Å². The molecule has 0 aliphatic rings. The Morgan fingerprint density at radius 2 is 1.41 bits per heavy atom. The number of rotatable bonds is 6. The second-order valence-corrected chi connectivity index (χ2v) is 15.2. The van der Waals surface area contributed by atoms with Crippen LogP contribution in [0, 0.1) is 0 Å². The molecule has 0 radical (unpaired) electrons. The predicted octanol–water partition coefficient (Wildman–Crippen LogP) is 14.5. The van der Waals surface area contributed by atoms with Crippen molar-refractivity contribution in [3.05, 3.63) is 175 Å². The second-order valence-electron chi connectivity index (χ2n) is 14.1. The van der Waals surface area contributed by atoms with E-state index in [9.17, 15) is 0 Å². The van der Waals surface area contributed by atoms with Crippen molar-refractivity contribution in [2.45, 2.75) is 6.92 Å². The van der Waals surface area contributed by atoms with Gasteiger partial charge in [0, 0.05) is 54.9 Å². The molecule has 0 aliphatic heterocycles. The Bertz CT molecular complexity index is 3390. The molecule has 0 bridgehead atoms. The third-order valence-corrected chi connectivity index (χ3v) is 12.1. The number of thiophene rings is 1. The van der Waals surface area contributed by atoms with Gasteiger partial charge < -0.3 is 8.98 Å². The maximum absolute atomic E-state index is 6.72. The SMILES string of the molecule is C=Cc1sc2c(-c3ccccc3)nc(-c3cccc4oc5cc(-n6c7ccc(-c8ccccc8)cc7c7c8ccccc8ccc76)ccc5c34)nc2c1/C=C\C. The summed E-state index contributed by atoms with van der Waals surface area (Å²) < 4.78 is 10.1. The summed E-state index contributed by atoms with van der Waals surface area (Å²) in [5.74, 6) is 0.663. The third-order valence-electron chi connectivity index (χ3n) is 10.9. The molecule has 7 aromatic carbocycles. The van der Waals surface area contributed by atoms with Crippen molar-refractivity contribution in [3.8, 4) is 39.5 Å². The zero-order valence-electron chi connectivity index (χ0n) is 30.5. The fourth-order valence-corrected chi connectivity index (χ4v) is 9.51. The van der Waals surface area contributed by atoms with E-state index in [1.807, 2.05) is 31.2 Å². The van der Waals surface area contributed by atoms with E-state index >= 15 is 0 Å².